The summed E-state index contributed by atoms with van der Waals surface area (Å²) in [6, 6.07) is 0. The molecule has 14 heavy (non-hydrogen) atoms. The van der Waals surface area contributed by atoms with E-state index < -0.39 is 0 Å². The van der Waals surface area contributed by atoms with Crippen LogP contribution in [0.5, 0.6) is 0 Å². The van der Waals surface area contributed by atoms with Gasteiger partial charge in [0.25, 0.3) is 0 Å². The fourth-order valence-corrected chi connectivity index (χ4v) is 4.07. The SMILES string of the molecule is CB1O[C@@H]2CC3CC(C3(C)C)[C@]2(C)O1. The molecule has 0 N–H and O–H groups in total. The lowest BCUT2D eigenvalue weighted by atomic mass is 9.43. The van der Waals surface area contributed by atoms with E-state index in [1.807, 2.05) is 6.82 Å². The molecule has 4 rings (SSSR count). The van der Waals surface area contributed by atoms with E-state index in [4.69, 9.17) is 9.31 Å². The Balaban J connectivity index is 1.95. The molecule has 4 aliphatic rings. The largest absolute Gasteiger partial charge is 0.454 e. The van der Waals surface area contributed by atoms with Gasteiger partial charge in [0.15, 0.2) is 0 Å². The number of hydrogen-bond acceptors (Lipinski definition) is 2. The smallest absolute Gasteiger partial charge is 0.406 e. The molecule has 4 atom stereocenters. The third kappa shape index (κ3) is 0.861. The van der Waals surface area contributed by atoms with Crippen molar-refractivity contribution in [1.29, 1.82) is 0 Å². The van der Waals surface area contributed by atoms with Crippen LogP contribution in [0, 0.1) is 17.3 Å². The Bertz CT molecular complexity index is 278. The van der Waals surface area contributed by atoms with Crippen molar-refractivity contribution in [1.82, 2.24) is 0 Å². The van der Waals surface area contributed by atoms with E-state index in [0.717, 1.165) is 5.92 Å². The quantitative estimate of drug-likeness (QED) is 0.551. The summed E-state index contributed by atoms with van der Waals surface area (Å²) in [5.41, 5.74) is 0.469. The van der Waals surface area contributed by atoms with E-state index in [0.29, 0.717) is 17.4 Å². The molecule has 3 aliphatic carbocycles. The maximum absolute atomic E-state index is 6.02. The summed E-state index contributed by atoms with van der Waals surface area (Å²) < 4.78 is 11.9. The Kier molecular flexibility index (Phi) is 1.57. The summed E-state index contributed by atoms with van der Waals surface area (Å²) in [6.45, 7) is 9.05. The average Bonchev–Trinajstić information content (AvgIpc) is 2.37. The van der Waals surface area contributed by atoms with Crippen molar-refractivity contribution < 1.29 is 9.31 Å². The first kappa shape index (κ1) is 9.23. The molecule has 1 aliphatic heterocycles. The Hall–Kier alpha value is -0.0151. The van der Waals surface area contributed by atoms with Crippen molar-refractivity contribution in [3.8, 4) is 0 Å². The molecule has 3 saturated carbocycles. The van der Waals surface area contributed by atoms with Crippen molar-refractivity contribution >= 4 is 7.12 Å². The van der Waals surface area contributed by atoms with Crippen LogP contribution in [-0.2, 0) is 9.31 Å². The van der Waals surface area contributed by atoms with Gasteiger partial charge < -0.3 is 9.31 Å². The van der Waals surface area contributed by atoms with E-state index in [-0.39, 0.29) is 12.7 Å². The molecule has 4 fully saturated rings. The maximum Gasteiger partial charge on any atom is 0.454 e. The van der Waals surface area contributed by atoms with Crippen LogP contribution in [0.2, 0.25) is 6.82 Å². The summed E-state index contributed by atoms with van der Waals surface area (Å²) in [7, 11) is 0.000139. The second-order valence-corrected chi connectivity index (χ2v) is 6.04. The Labute approximate surface area is 86.5 Å². The lowest BCUT2D eigenvalue weighted by Gasteiger charge is -2.64. The fraction of sp³-hybridized carbons (Fsp3) is 1.00. The van der Waals surface area contributed by atoms with E-state index in [9.17, 15) is 0 Å². The van der Waals surface area contributed by atoms with Crippen LogP contribution in [0.4, 0.5) is 0 Å². The molecule has 1 saturated heterocycles. The molecule has 2 nitrogen and oxygen atoms in total. The van der Waals surface area contributed by atoms with Gasteiger partial charge >= 0.3 is 7.12 Å². The van der Waals surface area contributed by atoms with Gasteiger partial charge in [-0.25, -0.2) is 0 Å². The fourth-order valence-electron chi connectivity index (χ4n) is 4.07. The van der Waals surface area contributed by atoms with E-state index >= 15 is 0 Å². The third-order valence-electron chi connectivity index (χ3n) is 5.08. The summed E-state index contributed by atoms with van der Waals surface area (Å²) in [4.78, 5) is 0. The van der Waals surface area contributed by atoms with Gasteiger partial charge in [-0.15, -0.1) is 0 Å². The minimum atomic E-state index is -0.00231. The van der Waals surface area contributed by atoms with E-state index in [1.165, 1.54) is 12.8 Å². The zero-order valence-electron chi connectivity index (χ0n) is 9.54. The van der Waals surface area contributed by atoms with E-state index in [2.05, 4.69) is 20.8 Å². The average molecular weight is 194 g/mol. The summed E-state index contributed by atoms with van der Waals surface area (Å²) in [5.74, 6) is 1.56. The molecule has 0 aromatic heterocycles. The van der Waals surface area contributed by atoms with Crippen LogP contribution in [0.25, 0.3) is 0 Å². The number of hydrogen-bond donors (Lipinski definition) is 0. The molecule has 0 aromatic rings. The van der Waals surface area contributed by atoms with Crippen molar-refractivity contribution in [2.75, 3.05) is 0 Å². The maximum atomic E-state index is 6.02. The lowest BCUT2D eigenvalue weighted by Crippen LogP contribution is -2.65. The molecule has 0 amide bonds. The minimum absolute atomic E-state index is 0.000139. The summed E-state index contributed by atoms with van der Waals surface area (Å²) in [6.07, 6.45) is 2.90. The van der Waals surface area contributed by atoms with Crippen molar-refractivity contribution in [2.45, 2.75) is 52.1 Å². The van der Waals surface area contributed by atoms with Gasteiger partial charge in [-0.3, -0.25) is 0 Å². The van der Waals surface area contributed by atoms with Crippen LogP contribution in [-0.4, -0.2) is 18.8 Å². The summed E-state index contributed by atoms with van der Waals surface area (Å²) in [5, 5.41) is 0. The molecule has 2 bridgehead atoms. The normalized spacial score (nSPS) is 54.0. The highest BCUT2D eigenvalue weighted by atomic mass is 16.7. The van der Waals surface area contributed by atoms with Crippen molar-refractivity contribution in [2.24, 2.45) is 17.3 Å². The molecule has 2 unspecified atom stereocenters. The molecule has 78 valence electrons. The van der Waals surface area contributed by atoms with Gasteiger partial charge in [0.1, 0.15) is 0 Å². The van der Waals surface area contributed by atoms with Crippen LogP contribution in [0.3, 0.4) is 0 Å². The van der Waals surface area contributed by atoms with Crippen molar-refractivity contribution in [3.05, 3.63) is 0 Å². The van der Waals surface area contributed by atoms with Gasteiger partial charge in [-0.2, -0.15) is 0 Å². The first-order valence-corrected chi connectivity index (χ1v) is 5.78. The summed E-state index contributed by atoms with van der Waals surface area (Å²) >= 11 is 0. The molecule has 0 spiro atoms. The van der Waals surface area contributed by atoms with Crippen LogP contribution in [0.15, 0.2) is 0 Å². The standard InChI is InChI=1S/C11H19BO2/c1-10(2)7-5-8(10)11(3)9(6-7)13-12(4)14-11/h7-9H,5-6H2,1-4H3/t7?,8?,9-,11+/m1/s1. The van der Waals surface area contributed by atoms with E-state index in [1.54, 1.807) is 0 Å². The third-order valence-corrected chi connectivity index (χ3v) is 5.08. The highest BCUT2D eigenvalue weighted by Crippen LogP contribution is 2.65. The molecule has 3 heteroatoms. The predicted molar refractivity (Wildman–Crippen MR) is 56.0 cm³/mol. The highest BCUT2D eigenvalue weighted by molar-refractivity contribution is 6.43. The zero-order valence-corrected chi connectivity index (χ0v) is 9.54. The predicted octanol–water partition coefficient (Wildman–Crippen LogP) is 2.34. The molecule has 1 heterocycles. The van der Waals surface area contributed by atoms with Crippen molar-refractivity contribution in [3.63, 3.8) is 0 Å². The minimum Gasteiger partial charge on any atom is -0.406 e. The Morgan fingerprint density at radius 3 is 2.57 bits per heavy atom. The van der Waals surface area contributed by atoms with Gasteiger partial charge in [-0.1, -0.05) is 13.8 Å². The molecular formula is C11H19BO2. The second kappa shape index (κ2) is 2.38. The Morgan fingerprint density at radius 1 is 1.21 bits per heavy atom. The lowest BCUT2D eigenvalue weighted by molar-refractivity contribution is -0.199. The first-order valence-electron chi connectivity index (χ1n) is 5.78. The number of rotatable bonds is 0. The van der Waals surface area contributed by atoms with Crippen LogP contribution in [0.1, 0.15) is 33.6 Å². The van der Waals surface area contributed by atoms with Gasteiger partial charge in [0.05, 0.1) is 11.7 Å². The molecule has 0 radical (unpaired) electrons. The zero-order chi connectivity index (χ0) is 10.1. The van der Waals surface area contributed by atoms with Gasteiger partial charge in [0, 0.05) is 0 Å². The Morgan fingerprint density at radius 2 is 1.93 bits per heavy atom. The van der Waals surface area contributed by atoms with Crippen LogP contribution >= 0.6 is 0 Å². The van der Waals surface area contributed by atoms with Crippen LogP contribution < -0.4 is 0 Å². The van der Waals surface area contributed by atoms with Gasteiger partial charge in [0.2, 0.25) is 0 Å². The molecule has 0 aromatic carbocycles. The molecular weight excluding hydrogens is 175 g/mol. The van der Waals surface area contributed by atoms with Gasteiger partial charge in [-0.05, 0) is 43.8 Å². The first-order chi connectivity index (χ1) is 6.44. The highest BCUT2D eigenvalue weighted by Gasteiger charge is 2.67. The topological polar surface area (TPSA) is 18.5 Å². The second-order valence-electron chi connectivity index (χ2n) is 6.04. The monoisotopic (exact) mass is 194 g/mol.